The van der Waals surface area contributed by atoms with Crippen molar-refractivity contribution >= 4 is 44.5 Å². The van der Waals surface area contributed by atoms with Gasteiger partial charge in [0, 0.05) is 21.9 Å². The second-order valence-electron chi connectivity index (χ2n) is 9.21. The van der Waals surface area contributed by atoms with E-state index >= 15 is 0 Å². The van der Waals surface area contributed by atoms with Crippen LogP contribution in [0, 0.1) is 3.70 Å². The summed E-state index contributed by atoms with van der Waals surface area (Å²) in [7, 11) is 0. The van der Waals surface area contributed by atoms with Crippen molar-refractivity contribution in [2.24, 2.45) is 0 Å². The molecule has 0 N–H and O–H groups in total. The highest BCUT2D eigenvalue weighted by Crippen LogP contribution is 2.37. The number of nitrogens with zero attached hydrogens (tertiary/aromatic N) is 2. The topological polar surface area (TPSA) is 38.9 Å². The van der Waals surface area contributed by atoms with E-state index in [1.807, 2.05) is 42.5 Å². The smallest absolute Gasteiger partial charge is 0.161 e. The van der Waals surface area contributed by atoms with Crippen LogP contribution in [0.25, 0.3) is 66.8 Å². The molecule has 0 bridgehead atoms. The van der Waals surface area contributed by atoms with Gasteiger partial charge in [0.2, 0.25) is 0 Å². The summed E-state index contributed by atoms with van der Waals surface area (Å²) in [5.74, 6) is 0.690. The third-order valence-electron chi connectivity index (χ3n) is 6.78. The van der Waals surface area contributed by atoms with Gasteiger partial charge in [-0.25, -0.2) is 9.97 Å². The van der Waals surface area contributed by atoms with Gasteiger partial charge >= 0.3 is 0 Å². The average molecular weight is 600 g/mol. The fourth-order valence-corrected chi connectivity index (χ4v) is 5.54. The molecule has 7 rings (SSSR count). The normalized spacial score (nSPS) is 11.3. The maximum atomic E-state index is 6.13. The molecule has 0 amide bonds. The van der Waals surface area contributed by atoms with Crippen LogP contribution in [0.3, 0.4) is 0 Å². The minimum absolute atomic E-state index is 0.690. The first-order chi connectivity index (χ1) is 18.7. The minimum Gasteiger partial charge on any atom is -0.456 e. The molecule has 0 atom stereocenters. The molecule has 0 aliphatic heterocycles. The number of benzene rings is 5. The summed E-state index contributed by atoms with van der Waals surface area (Å²) in [6.07, 6.45) is 0. The lowest BCUT2D eigenvalue weighted by atomic mass is 9.95. The highest BCUT2D eigenvalue weighted by Gasteiger charge is 2.16. The fraction of sp³-hybridized carbons (Fsp3) is 0. The van der Waals surface area contributed by atoms with E-state index in [1.165, 1.54) is 11.1 Å². The van der Waals surface area contributed by atoms with Crippen molar-refractivity contribution in [3.8, 4) is 44.9 Å². The number of rotatable bonds is 4. The zero-order chi connectivity index (χ0) is 25.5. The molecule has 0 aliphatic rings. The van der Waals surface area contributed by atoms with Gasteiger partial charge in [-0.15, -0.1) is 0 Å². The fourth-order valence-electron chi connectivity index (χ4n) is 5.02. The quantitative estimate of drug-likeness (QED) is 0.149. The summed E-state index contributed by atoms with van der Waals surface area (Å²) in [6, 6.07) is 43.9. The zero-order valence-corrected chi connectivity index (χ0v) is 22.5. The van der Waals surface area contributed by atoms with Crippen LogP contribution in [0.4, 0.5) is 0 Å². The molecule has 38 heavy (non-hydrogen) atoms. The number of fused-ring (bicyclic) bond motifs is 3. The van der Waals surface area contributed by atoms with Crippen LogP contribution >= 0.6 is 22.6 Å². The van der Waals surface area contributed by atoms with Crippen LogP contribution in [-0.2, 0) is 0 Å². The van der Waals surface area contributed by atoms with Crippen molar-refractivity contribution < 1.29 is 4.42 Å². The number of halogens is 1. The number of hydrogen-bond donors (Lipinski definition) is 0. The van der Waals surface area contributed by atoms with Crippen LogP contribution in [0.15, 0.2) is 132 Å². The van der Waals surface area contributed by atoms with Gasteiger partial charge in [0.15, 0.2) is 5.82 Å². The Labute approximate surface area is 234 Å². The summed E-state index contributed by atoms with van der Waals surface area (Å²) in [5, 5.41) is 2.11. The van der Waals surface area contributed by atoms with Crippen LogP contribution < -0.4 is 0 Å². The zero-order valence-electron chi connectivity index (χ0n) is 20.3. The van der Waals surface area contributed by atoms with Crippen LogP contribution in [0.5, 0.6) is 0 Å². The van der Waals surface area contributed by atoms with Crippen LogP contribution in [-0.4, -0.2) is 9.97 Å². The first-order valence-electron chi connectivity index (χ1n) is 12.4. The third kappa shape index (κ3) is 4.17. The molecule has 5 aromatic carbocycles. The average Bonchev–Trinajstić information content (AvgIpc) is 3.36. The van der Waals surface area contributed by atoms with Crippen molar-refractivity contribution in [2.75, 3.05) is 0 Å². The summed E-state index contributed by atoms with van der Waals surface area (Å²) in [5.41, 5.74) is 9.26. The molecule has 3 nitrogen and oxygen atoms in total. The number of furan rings is 1. The molecular weight excluding hydrogens is 579 g/mol. The molecule has 0 saturated carbocycles. The SMILES string of the molecule is Ic1cc(-c2cc(-c3ccccc3)cc(-c3ccccc3)c2)nc(-c2cccc3oc4ccccc4c23)n1. The Morgan fingerprint density at radius 1 is 0.500 bits per heavy atom. The Balaban J connectivity index is 1.44. The van der Waals surface area contributed by atoms with E-state index in [1.54, 1.807) is 0 Å². The van der Waals surface area contributed by atoms with Crippen molar-refractivity contribution in [3.05, 3.63) is 131 Å². The predicted octanol–water partition coefficient (Wildman–Crippen LogP) is 9.65. The van der Waals surface area contributed by atoms with Crippen molar-refractivity contribution in [1.29, 1.82) is 0 Å². The summed E-state index contributed by atoms with van der Waals surface area (Å²) in [6.45, 7) is 0. The standard InChI is InChI=1S/C34H21IN2O/c35-32-21-29(36-34(37-32)28-15-9-17-31-33(28)27-14-7-8-16-30(27)38-31)26-19-24(22-10-3-1-4-11-22)18-25(20-26)23-12-5-2-6-13-23/h1-21H. The van der Waals surface area contributed by atoms with Crippen LogP contribution in [0.2, 0.25) is 0 Å². The van der Waals surface area contributed by atoms with E-state index < -0.39 is 0 Å². The number of hydrogen-bond acceptors (Lipinski definition) is 3. The van der Waals surface area contributed by atoms with Crippen molar-refractivity contribution in [3.63, 3.8) is 0 Å². The second kappa shape index (κ2) is 9.54. The molecule has 0 radical (unpaired) electrons. The van der Waals surface area contributed by atoms with E-state index in [4.69, 9.17) is 14.4 Å². The van der Waals surface area contributed by atoms with Gasteiger partial charge in [-0.2, -0.15) is 0 Å². The molecule has 0 saturated heterocycles. The Morgan fingerprint density at radius 3 is 1.82 bits per heavy atom. The Bertz CT molecular complexity index is 1870. The molecule has 7 aromatic rings. The molecule has 4 heteroatoms. The second-order valence-corrected chi connectivity index (χ2v) is 10.3. The van der Waals surface area contributed by atoms with Gasteiger partial charge in [0.25, 0.3) is 0 Å². The minimum atomic E-state index is 0.690. The van der Waals surface area contributed by atoms with Gasteiger partial charge in [-0.1, -0.05) is 91.0 Å². The van der Waals surface area contributed by atoms with Gasteiger partial charge < -0.3 is 4.42 Å². The molecule has 180 valence electrons. The molecule has 2 aromatic heterocycles. The lowest BCUT2D eigenvalue weighted by Gasteiger charge is -2.12. The monoisotopic (exact) mass is 600 g/mol. The highest BCUT2D eigenvalue weighted by molar-refractivity contribution is 14.1. The molecule has 0 aliphatic carbocycles. The lowest BCUT2D eigenvalue weighted by Crippen LogP contribution is -1.96. The van der Waals surface area contributed by atoms with Gasteiger partial charge in [-0.05, 0) is 81.2 Å². The maximum absolute atomic E-state index is 6.13. The van der Waals surface area contributed by atoms with E-state index in [0.29, 0.717) is 5.82 Å². The summed E-state index contributed by atoms with van der Waals surface area (Å²) >= 11 is 2.29. The van der Waals surface area contributed by atoms with Crippen molar-refractivity contribution in [2.45, 2.75) is 0 Å². The first kappa shape index (κ1) is 22.9. The molecule has 0 fully saturated rings. The van der Waals surface area contributed by atoms with Crippen molar-refractivity contribution in [1.82, 2.24) is 9.97 Å². The van der Waals surface area contributed by atoms with Gasteiger partial charge in [-0.3, -0.25) is 0 Å². The number of aromatic nitrogens is 2. The molecule has 0 unspecified atom stereocenters. The Hall–Kier alpha value is -4.29. The van der Waals surface area contributed by atoms with E-state index in [9.17, 15) is 0 Å². The third-order valence-corrected chi connectivity index (χ3v) is 7.33. The number of para-hydroxylation sites is 1. The molecule has 0 spiro atoms. The van der Waals surface area contributed by atoms with E-state index in [2.05, 4.69) is 108 Å². The molecular formula is C34H21IN2O. The Kier molecular flexibility index (Phi) is 5.74. The molecule has 2 heterocycles. The summed E-state index contributed by atoms with van der Waals surface area (Å²) < 4.78 is 7.02. The highest BCUT2D eigenvalue weighted by atomic mass is 127. The lowest BCUT2D eigenvalue weighted by molar-refractivity contribution is 0.669. The largest absolute Gasteiger partial charge is 0.456 e. The maximum Gasteiger partial charge on any atom is 0.161 e. The first-order valence-corrected chi connectivity index (χ1v) is 13.5. The van der Waals surface area contributed by atoms with Crippen LogP contribution in [0.1, 0.15) is 0 Å². The van der Waals surface area contributed by atoms with Gasteiger partial charge in [0.05, 0.1) is 5.69 Å². The van der Waals surface area contributed by atoms with E-state index in [-0.39, 0.29) is 0 Å². The van der Waals surface area contributed by atoms with E-state index in [0.717, 1.165) is 53.6 Å². The Morgan fingerprint density at radius 2 is 1.11 bits per heavy atom. The predicted molar refractivity (Wildman–Crippen MR) is 164 cm³/mol. The summed E-state index contributed by atoms with van der Waals surface area (Å²) in [4.78, 5) is 9.98. The van der Waals surface area contributed by atoms with Gasteiger partial charge in [0.1, 0.15) is 14.9 Å².